The Kier molecular flexibility index (Phi) is 4.51. The second-order valence-corrected chi connectivity index (χ2v) is 5.35. The van der Waals surface area contributed by atoms with E-state index in [1.807, 2.05) is 0 Å². The first-order valence-electron chi connectivity index (χ1n) is 7.56. The second-order valence-electron chi connectivity index (χ2n) is 5.35. The zero-order chi connectivity index (χ0) is 16.9. The first-order valence-corrected chi connectivity index (χ1v) is 7.56. The molecule has 1 saturated heterocycles. The Morgan fingerprint density at radius 3 is 2.29 bits per heavy atom. The minimum Gasteiger partial charge on any atom is -0.318 e. The van der Waals surface area contributed by atoms with Gasteiger partial charge in [0, 0.05) is 30.5 Å². The molecule has 2 aromatic rings. The van der Waals surface area contributed by atoms with Crippen molar-refractivity contribution in [1.82, 2.24) is 4.98 Å². The van der Waals surface area contributed by atoms with Crippen LogP contribution in [0.25, 0.3) is 0 Å². The molecule has 2 heterocycles. The van der Waals surface area contributed by atoms with Crippen molar-refractivity contribution >= 4 is 34.8 Å². The van der Waals surface area contributed by atoms with Crippen molar-refractivity contribution in [3.63, 3.8) is 0 Å². The molecule has 2 N–H and O–H groups in total. The van der Waals surface area contributed by atoms with Gasteiger partial charge in [0.15, 0.2) is 0 Å². The zero-order valence-electron chi connectivity index (χ0n) is 12.9. The number of carbonyl (C=O) groups is 3. The molecule has 0 atom stereocenters. The molecule has 1 aromatic heterocycles. The van der Waals surface area contributed by atoms with Crippen LogP contribution in [0.5, 0.6) is 0 Å². The molecule has 3 rings (SSSR count). The van der Waals surface area contributed by atoms with Crippen molar-refractivity contribution < 1.29 is 14.4 Å². The fourth-order valence-corrected chi connectivity index (χ4v) is 2.46. The Bertz CT molecular complexity index is 759. The van der Waals surface area contributed by atoms with Crippen molar-refractivity contribution in [2.45, 2.75) is 12.8 Å². The summed E-state index contributed by atoms with van der Waals surface area (Å²) in [7, 11) is 0. The third-order valence-electron chi connectivity index (χ3n) is 3.64. The number of amides is 3. The maximum atomic E-state index is 11.9. The topological polar surface area (TPSA) is 91.4 Å². The molecule has 122 valence electrons. The highest BCUT2D eigenvalue weighted by atomic mass is 16.2. The SMILES string of the molecule is O=C(Nc1ccc(N2CCCC2=O)cc1)C(=O)Nc1cccnc1. The normalized spacial score (nSPS) is 13.7. The van der Waals surface area contributed by atoms with Crippen molar-refractivity contribution in [2.24, 2.45) is 0 Å². The highest BCUT2D eigenvalue weighted by Crippen LogP contribution is 2.23. The fraction of sp³-hybridized carbons (Fsp3) is 0.176. The van der Waals surface area contributed by atoms with Gasteiger partial charge in [-0.2, -0.15) is 0 Å². The number of rotatable bonds is 3. The van der Waals surface area contributed by atoms with Crippen LogP contribution in [0.3, 0.4) is 0 Å². The Labute approximate surface area is 138 Å². The van der Waals surface area contributed by atoms with Crippen LogP contribution in [0.1, 0.15) is 12.8 Å². The third kappa shape index (κ3) is 3.57. The summed E-state index contributed by atoms with van der Waals surface area (Å²) in [5.41, 5.74) is 1.72. The van der Waals surface area contributed by atoms with Gasteiger partial charge in [0.25, 0.3) is 0 Å². The lowest BCUT2D eigenvalue weighted by atomic mass is 10.2. The molecule has 1 aliphatic rings. The summed E-state index contributed by atoms with van der Waals surface area (Å²) in [5, 5.41) is 4.97. The Hall–Kier alpha value is -3.22. The Balaban J connectivity index is 1.60. The van der Waals surface area contributed by atoms with E-state index in [0.717, 1.165) is 12.1 Å². The molecule has 1 aromatic carbocycles. The molecule has 0 saturated carbocycles. The maximum absolute atomic E-state index is 11.9. The lowest BCUT2D eigenvalue weighted by Gasteiger charge is -2.16. The number of nitrogens with zero attached hydrogens (tertiary/aromatic N) is 2. The molecule has 0 bridgehead atoms. The van der Waals surface area contributed by atoms with Gasteiger partial charge in [0.05, 0.1) is 11.9 Å². The summed E-state index contributed by atoms with van der Waals surface area (Å²) in [6.07, 6.45) is 4.44. The van der Waals surface area contributed by atoms with E-state index >= 15 is 0 Å². The number of carbonyl (C=O) groups excluding carboxylic acids is 3. The second kappa shape index (κ2) is 6.91. The van der Waals surface area contributed by atoms with Crippen LogP contribution in [-0.2, 0) is 14.4 Å². The predicted molar refractivity (Wildman–Crippen MR) is 89.5 cm³/mol. The van der Waals surface area contributed by atoms with Crippen LogP contribution in [0.4, 0.5) is 17.1 Å². The molecule has 0 spiro atoms. The van der Waals surface area contributed by atoms with Crippen LogP contribution >= 0.6 is 0 Å². The molecular weight excluding hydrogens is 308 g/mol. The molecule has 0 radical (unpaired) electrons. The van der Waals surface area contributed by atoms with E-state index in [9.17, 15) is 14.4 Å². The molecule has 3 amide bonds. The van der Waals surface area contributed by atoms with Crippen LogP contribution in [0.15, 0.2) is 48.8 Å². The summed E-state index contributed by atoms with van der Waals surface area (Å²) in [4.78, 5) is 41.0. The summed E-state index contributed by atoms with van der Waals surface area (Å²) in [6.45, 7) is 0.706. The van der Waals surface area contributed by atoms with Crippen LogP contribution in [0, 0.1) is 0 Å². The van der Waals surface area contributed by atoms with E-state index in [1.165, 1.54) is 6.20 Å². The Morgan fingerprint density at radius 2 is 1.71 bits per heavy atom. The van der Waals surface area contributed by atoms with E-state index in [1.54, 1.807) is 47.5 Å². The first kappa shape index (κ1) is 15.7. The van der Waals surface area contributed by atoms with Gasteiger partial charge in [0.2, 0.25) is 5.91 Å². The minimum atomic E-state index is -0.776. The van der Waals surface area contributed by atoms with Gasteiger partial charge < -0.3 is 15.5 Å². The van der Waals surface area contributed by atoms with E-state index < -0.39 is 11.8 Å². The zero-order valence-corrected chi connectivity index (χ0v) is 12.9. The van der Waals surface area contributed by atoms with Gasteiger partial charge in [-0.1, -0.05) is 0 Å². The average Bonchev–Trinajstić information content (AvgIpc) is 3.02. The smallest absolute Gasteiger partial charge is 0.314 e. The average molecular weight is 324 g/mol. The largest absolute Gasteiger partial charge is 0.318 e. The third-order valence-corrected chi connectivity index (χ3v) is 3.64. The number of anilines is 3. The fourth-order valence-electron chi connectivity index (χ4n) is 2.46. The molecule has 0 unspecified atom stereocenters. The van der Waals surface area contributed by atoms with Crippen molar-refractivity contribution in [1.29, 1.82) is 0 Å². The highest BCUT2D eigenvalue weighted by molar-refractivity contribution is 6.43. The summed E-state index contributed by atoms with van der Waals surface area (Å²) in [5.74, 6) is -1.45. The molecule has 7 nitrogen and oxygen atoms in total. The van der Waals surface area contributed by atoms with E-state index in [-0.39, 0.29) is 5.91 Å². The van der Waals surface area contributed by atoms with Crippen molar-refractivity contribution in [3.05, 3.63) is 48.8 Å². The lowest BCUT2D eigenvalue weighted by molar-refractivity contribution is -0.133. The number of nitrogens with one attached hydrogen (secondary N) is 2. The molecule has 24 heavy (non-hydrogen) atoms. The molecule has 1 fully saturated rings. The monoisotopic (exact) mass is 324 g/mol. The quantitative estimate of drug-likeness (QED) is 0.842. The molecule has 1 aliphatic heterocycles. The maximum Gasteiger partial charge on any atom is 0.314 e. The van der Waals surface area contributed by atoms with Gasteiger partial charge >= 0.3 is 11.8 Å². The van der Waals surface area contributed by atoms with Gasteiger partial charge in [-0.3, -0.25) is 19.4 Å². The summed E-state index contributed by atoms with van der Waals surface area (Å²) < 4.78 is 0. The molecular formula is C17H16N4O3. The van der Waals surface area contributed by atoms with Gasteiger partial charge in [-0.05, 0) is 42.8 Å². The van der Waals surface area contributed by atoms with Crippen LogP contribution in [-0.4, -0.2) is 29.3 Å². The Morgan fingerprint density at radius 1 is 1.00 bits per heavy atom. The molecule has 7 heteroatoms. The van der Waals surface area contributed by atoms with E-state index in [4.69, 9.17) is 0 Å². The van der Waals surface area contributed by atoms with Gasteiger partial charge in [-0.25, -0.2) is 0 Å². The summed E-state index contributed by atoms with van der Waals surface area (Å²) in [6, 6.07) is 10.1. The van der Waals surface area contributed by atoms with Crippen LogP contribution in [0.2, 0.25) is 0 Å². The number of benzene rings is 1. The van der Waals surface area contributed by atoms with Crippen molar-refractivity contribution in [3.8, 4) is 0 Å². The number of pyridine rings is 1. The molecule has 0 aliphatic carbocycles. The summed E-state index contributed by atoms with van der Waals surface area (Å²) >= 11 is 0. The van der Waals surface area contributed by atoms with Crippen LogP contribution < -0.4 is 15.5 Å². The lowest BCUT2D eigenvalue weighted by Crippen LogP contribution is -2.29. The first-order chi connectivity index (χ1) is 11.6. The van der Waals surface area contributed by atoms with E-state index in [0.29, 0.717) is 24.3 Å². The number of hydrogen-bond donors (Lipinski definition) is 2. The predicted octanol–water partition coefficient (Wildman–Crippen LogP) is 1.79. The number of aromatic nitrogens is 1. The van der Waals surface area contributed by atoms with Gasteiger partial charge in [0.1, 0.15) is 0 Å². The minimum absolute atomic E-state index is 0.0997. The standard InChI is InChI=1S/C17H16N4O3/c22-15-4-2-10-21(15)14-7-5-12(6-8-14)19-16(23)17(24)20-13-3-1-9-18-11-13/h1,3,5-9,11H,2,4,10H2,(H,19,23)(H,20,24). The number of hydrogen-bond acceptors (Lipinski definition) is 4. The van der Waals surface area contributed by atoms with E-state index in [2.05, 4.69) is 15.6 Å². The highest BCUT2D eigenvalue weighted by Gasteiger charge is 2.21. The van der Waals surface area contributed by atoms with Gasteiger partial charge in [-0.15, -0.1) is 0 Å². The van der Waals surface area contributed by atoms with Crippen molar-refractivity contribution in [2.75, 3.05) is 22.1 Å².